The molecule has 0 bridgehead atoms. The summed E-state index contributed by atoms with van der Waals surface area (Å²) >= 11 is 0. The number of fused-ring (bicyclic) bond motifs is 1. The number of benzene rings is 2. The van der Waals surface area contributed by atoms with E-state index in [9.17, 15) is 19.2 Å². The van der Waals surface area contributed by atoms with Crippen molar-refractivity contribution < 1.29 is 14.3 Å². The summed E-state index contributed by atoms with van der Waals surface area (Å²) in [4.78, 5) is 51.1. The maximum Gasteiger partial charge on any atom is 0.332 e. The molecule has 0 saturated carbocycles. The lowest BCUT2D eigenvalue weighted by atomic mass is 9.99. The zero-order chi connectivity index (χ0) is 23.5. The zero-order valence-corrected chi connectivity index (χ0v) is 18.3. The van der Waals surface area contributed by atoms with E-state index >= 15 is 0 Å². The summed E-state index contributed by atoms with van der Waals surface area (Å²) in [5.41, 5.74) is 0.639. The number of methoxy groups -OCH3 is 1. The van der Waals surface area contributed by atoms with Crippen LogP contribution in [-0.2, 0) is 29.7 Å². The lowest BCUT2D eigenvalue weighted by molar-refractivity contribution is -0.125. The van der Waals surface area contributed by atoms with Gasteiger partial charge in [0.15, 0.2) is 0 Å². The van der Waals surface area contributed by atoms with E-state index in [0.29, 0.717) is 5.75 Å². The standard InChI is InChI=1S/C24H24N4O5/c1-27-23(31)20-17(12-19(29)25-13-16-10-6-7-11-18(16)33-2)22(30)26-21(20)28(24(27)32)14-15-8-4-3-5-9-15/h3-11,17H,12-14H2,1-2H3,(H,25,29)(H,26,30). The number of aromatic nitrogens is 2. The number of nitrogens with one attached hydrogen (secondary N) is 2. The normalized spacial score (nSPS) is 14.5. The van der Waals surface area contributed by atoms with E-state index in [1.54, 1.807) is 13.2 Å². The fraction of sp³-hybridized carbons (Fsp3) is 0.250. The molecule has 0 spiro atoms. The van der Waals surface area contributed by atoms with Crippen LogP contribution in [0.2, 0.25) is 0 Å². The van der Waals surface area contributed by atoms with Gasteiger partial charge in [0.05, 0.1) is 25.1 Å². The molecular weight excluding hydrogens is 424 g/mol. The van der Waals surface area contributed by atoms with E-state index in [1.807, 2.05) is 48.5 Å². The van der Waals surface area contributed by atoms with Gasteiger partial charge in [-0.05, 0) is 11.6 Å². The Balaban J connectivity index is 1.60. The highest BCUT2D eigenvalue weighted by atomic mass is 16.5. The predicted molar refractivity (Wildman–Crippen MR) is 122 cm³/mol. The molecule has 1 aliphatic rings. The van der Waals surface area contributed by atoms with Crippen molar-refractivity contribution in [2.75, 3.05) is 12.4 Å². The average molecular weight is 448 g/mol. The Morgan fingerprint density at radius 3 is 2.48 bits per heavy atom. The predicted octanol–water partition coefficient (Wildman–Crippen LogP) is 1.35. The Kier molecular flexibility index (Phi) is 6.12. The van der Waals surface area contributed by atoms with Gasteiger partial charge in [0.1, 0.15) is 11.6 Å². The van der Waals surface area contributed by atoms with Crippen LogP contribution in [0, 0.1) is 0 Å². The molecule has 33 heavy (non-hydrogen) atoms. The second kappa shape index (κ2) is 9.15. The number of rotatable bonds is 7. The first-order valence-electron chi connectivity index (χ1n) is 10.5. The van der Waals surface area contributed by atoms with Gasteiger partial charge in [-0.25, -0.2) is 4.79 Å². The summed E-state index contributed by atoms with van der Waals surface area (Å²) in [5, 5.41) is 5.43. The fourth-order valence-electron chi connectivity index (χ4n) is 3.98. The van der Waals surface area contributed by atoms with Crippen LogP contribution in [0.1, 0.15) is 29.0 Å². The van der Waals surface area contributed by atoms with Gasteiger partial charge < -0.3 is 15.4 Å². The summed E-state index contributed by atoms with van der Waals surface area (Å²) in [6.45, 7) is 0.401. The van der Waals surface area contributed by atoms with Gasteiger partial charge >= 0.3 is 5.69 Å². The van der Waals surface area contributed by atoms with E-state index in [-0.39, 0.29) is 30.9 Å². The van der Waals surface area contributed by atoms with E-state index in [2.05, 4.69) is 10.6 Å². The van der Waals surface area contributed by atoms with Crippen LogP contribution >= 0.6 is 0 Å². The topological polar surface area (TPSA) is 111 Å². The molecule has 3 aromatic rings. The van der Waals surface area contributed by atoms with Crippen molar-refractivity contribution in [1.29, 1.82) is 0 Å². The van der Waals surface area contributed by atoms with Crippen LogP contribution in [0.5, 0.6) is 5.75 Å². The van der Waals surface area contributed by atoms with E-state index < -0.39 is 29.0 Å². The SMILES string of the molecule is COc1ccccc1CNC(=O)CC1C(=O)Nc2c1c(=O)n(C)c(=O)n2Cc1ccccc1. The molecule has 4 rings (SSSR count). The van der Waals surface area contributed by atoms with Gasteiger partial charge in [0.2, 0.25) is 11.8 Å². The molecule has 2 amide bonds. The Labute approximate surface area is 189 Å². The van der Waals surface area contributed by atoms with Gasteiger partial charge in [-0.3, -0.25) is 23.5 Å². The average Bonchev–Trinajstić information content (AvgIpc) is 3.15. The molecule has 0 saturated heterocycles. The van der Waals surface area contributed by atoms with Crippen LogP contribution in [0.15, 0.2) is 64.2 Å². The highest BCUT2D eigenvalue weighted by molar-refractivity contribution is 6.04. The molecule has 1 aromatic heterocycles. The first kappa shape index (κ1) is 22.1. The third-order valence-corrected chi connectivity index (χ3v) is 5.73. The molecule has 1 aliphatic heterocycles. The minimum Gasteiger partial charge on any atom is -0.496 e. The van der Waals surface area contributed by atoms with Crippen molar-refractivity contribution in [1.82, 2.24) is 14.5 Å². The summed E-state index contributed by atoms with van der Waals surface area (Å²) in [7, 11) is 2.92. The molecule has 2 heterocycles. The summed E-state index contributed by atoms with van der Waals surface area (Å²) in [5.74, 6) is -1.07. The number of hydrogen-bond acceptors (Lipinski definition) is 5. The second-order valence-corrected chi connectivity index (χ2v) is 7.82. The Hall–Kier alpha value is -4.14. The highest BCUT2D eigenvalue weighted by Crippen LogP contribution is 2.31. The monoisotopic (exact) mass is 448 g/mol. The van der Waals surface area contributed by atoms with Gasteiger partial charge in [-0.15, -0.1) is 0 Å². The molecule has 9 heteroatoms. The van der Waals surface area contributed by atoms with Crippen LogP contribution < -0.4 is 26.6 Å². The van der Waals surface area contributed by atoms with E-state index in [0.717, 1.165) is 15.7 Å². The van der Waals surface area contributed by atoms with Crippen LogP contribution in [-0.4, -0.2) is 28.1 Å². The van der Waals surface area contributed by atoms with Gasteiger partial charge in [-0.1, -0.05) is 48.5 Å². The van der Waals surface area contributed by atoms with Gasteiger partial charge in [0, 0.05) is 25.6 Å². The summed E-state index contributed by atoms with van der Waals surface area (Å²) < 4.78 is 7.62. The Bertz CT molecular complexity index is 1330. The molecule has 1 atom stereocenters. The maximum atomic E-state index is 12.9. The lowest BCUT2D eigenvalue weighted by Gasteiger charge is -2.14. The number of para-hydroxylation sites is 1. The van der Waals surface area contributed by atoms with Crippen molar-refractivity contribution in [3.05, 3.63) is 92.1 Å². The summed E-state index contributed by atoms with van der Waals surface area (Å²) in [6.07, 6.45) is -0.216. The molecule has 0 aliphatic carbocycles. The molecule has 1 unspecified atom stereocenters. The number of nitrogens with zero attached hydrogens (tertiary/aromatic N) is 2. The van der Waals surface area contributed by atoms with Crippen molar-refractivity contribution >= 4 is 17.6 Å². The van der Waals surface area contributed by atoms with Crippen molar-refractivity contribution in [2.45, 2.75) is 25.4 Å². The third-order valence-electron chi connectivity index (χ3n) is 5.73. The van der Waals surface area contributed by atoms with E-state index in [4.69, 9.17) is 4.74 Å². The van der Waals surface area contributed by atoms with E-state index in [1.165, 1.54) is 11.6 Å². The van der Waals surface area contributed by atoms with Gasteiger partial charge in [0.25, 0.3) is 5.56 Å². The molecule has 170 valence electrons. The third kappa shape index (κ3) is 4.30. The van der Waals surface area contributed by atoms with Crippen molar-refractivity contribution in [3.63, 3.8) is 0 Å². The number of hydrogen-bond donors (Lipinski definition) is 2. The number of anilines is 1. The molecule has 0 radical (unpaired) electrons. The minimum atomic E-state index is -0.987. The zero-order valence-electron chi connectivity index (χ0n) is 18.3. The maximum absolute atomic E-state index is 12.9. The first-order valence-corrected chi connectivity index (χ1v) is 10.5. The smallest absolute Gasteiger partial charge is 0.332 e. The van der Waals surface area contributed by atoms with Gasteiger partial charge in [-0.2, -0.15) is 0 Å². The molecule has 2 N–H and O–H groups in total. The second-order valence-electron chi connectivity index (χ2n) is 7.82. The lowest BCUT2D eigenvalue weighted by Crippen LogP contribution is -2.40. The summed E-state index contributed by atoms with van der Waals surface area (Å²) in [6, 6.07) is 16.5. The molecule has 9 nitrogen and oxygen atoms in total. The fourth-order valence-corrected chi connectivity index (χ4v) is 3.98. The number of amides is 2. The molecule has 0 fully saturated rings. The van der Waals surface area contributed by atoms with Crippen LogP contribution in [0.25, 0.3) is 0 Å². The van der Waals surface area contributed by atoms with Crippen LogP contribution in [0.4, 0.5) is 5.82 Å². The molecule has 2 aromatic carbocycles. The highest BCUT2D eigenvalue weighted by Gasteiger charge is 2.38. The quantitative estimate of drug-likeness (QED) is 0.567. The Morgan fingerprint density at radius 2 is 1.76 bits per heavy atom. The van der Waals surface area contributed by atoms with Crippen molar-refractivity contribution in [2.24, 2.45) is 7.05 Å². The Morgan fingerprint density at radius 1 is 1.06 bits per heavy atom. The number of carbonyl (C=O) groups excluding carboxylic acids is 2. The minimum absolute atomic E-state index is 0.130. The van der Waals surface area contributed by atoms with Crippen molar-refractivity contribution in [3.8, 4) is 5.75 Å². The largest absolute Gasteiger partial charge is 0.496 e. The van der Waals surface area contributed by atoms with Crippen LogP contribution in [0.3, 0.4) is 0 Å². The number of ether oxygens (including phenoxy) is 1. The molecular formula is C24H24N4O5. The number of carbonyl (C=O) groups is 2. The first-order chi connectivity index (χ1) is 15.9.